The van der Waals surface area contributed by atoms with E-state index in [2.05, 4.69) is 19.2 Å². The first-order valence-corrected chi connectivity index (χ1v) is 11.0. The van der Waals surface area contributed by atoms with Crippen molar-refractivity contribution in [1.82, 2.24) is 10.2 Å². The quantitative estimate of drug-likeness (QED) is 0.571. The van der Waals surface area contributed by atoms with Gasteiger partial charge in [0, 0.05) is 18.5 Å². The zero-order valence-corrected chi connectivity index (χ0v) is 18.7. The lowest BCUT2D eigenvalue weighted by Gasteiger charge is -2.29. The SMILES string of the molecule is CCCC[C@@H](CC)CNC(=O)[C@H]1CCC(=O)N1[C@@H]1OC(=O)c2c1ccc(OC)c2OC. The molecule has 170 valence electrons. The van der Waals surface area contributed by atoms with Gasteiger partial charge < -0.3 is 19.5 Å². The van der Waals surface area contributed by atoms with Crippen LogP contribution in [-0.2, 0) is 14.3 Å². The summed E-state index contributed by atoms with van der Waals surface area (Å²) in [6.07, 6.45) is 3.99. The predicted octanol–water partition coefficient (Wildman–Crippen LogP) is 3.20. The molecule has 2 heterocycles. The predicted molar refractivity (Wildman–Crippen MR) is 114 cm³/mol. The Labute approximate surface area is 183 Å². The van der Waals surface area contributed by atoms with E-state index in [-0.39, 0.29) is 29.5 Å². The maximum absolute atomic E-state index is 13.0. The highest BCUT2D eigenvalue weighted by Gasteiger charge is 2.47. The molecule has 0 aliphatic carbocycles. The summed E-state index contributed by atoms with van der Waals surface area (Å²) in [5.74, 6) is 0.0706. The van der Waals surface area contributed by atoms with E-state index in [0.717, 1.165) is 25.7 Å². The number of unbranched alkanes of at least 4 members (excludes halogenated alkanes) is 1. The largest absolute Gasteiger partial charge is 0.493 e. The lowest BCUT2D eigenvalue weighted by Crippen LogP contribution is -2.47. The Kier molecular flexibility index (Phi) is 7.41. The van der Waals surface area contributed by atoms with Gasteiger partial charge in [-0.2, -0.15) is 0 Å². The van der Waals surface area contributed by atoms with Crippen molar-refractivity contribution in [2.75, 3.05) is 20.8 Å². The van der Waals surface area contributed by atoms with Crippen molar-refractivity contribution in [3.8, 4) is 11.5 Å². The molecule has 0 spiro atoms. The second-order valence-electron chi connectivity index (χ2n) is 8.04. The van der Waals surface area contributed by atoms with Crippen molar-refractivity contribution in [3.63, 3.8) is 0 Å². The maximum atomic E-state index is 13.0. The van der Waals surface area contributed by atoms with E-state index in [0.29, 0.717) is 30.2 Å². The van der Waals surface area contributed by atoms with Gasteiger partial charge in [-0.25, -0.2) is 4.79 Å². The molecule has 1 aromatic carbocycles. The zero-order valence-electron chi connectivity index (χ0n) is 18.7. The van der Waals surface area contributed by atoms with Gasteiger partial charge in [-0.05, 0) is 30.9 Å². The molecule has 0 bridgehead atoms. The highest BCUT2D eigenvalue weighted by molar-refractivity contribution is 5.99. The van der Waals surface area contributed by atoms with Gasteiger partial charge in [0.15, 0.2) is 11.5 Å². The van der Waals surface area contributed by atoms with Crippen LogP contribution in [0.2, 0.25) is 0 Å². The lowest BCUT2D eigenvalue weighted by molar-refractivity contribution is -0.145. The Morgan fingerprint density at radius 2 is 2.03 bits per heavy atom. The van der Waals surface area contributed by atoms with Crippen molar-refractivity contribution in [2.24, 2.45) is 5.92 Å². The van der Waals surface area contributed by atoms with Crippen LogP contribution in [0.3, 0.4) is 0 Å². The third kappa shape index (κ3) is 4.48. The number of esters is 1. The summed E-state index contributed by atoms with van der Waals surface area (Å²) in [4.78, 5) is 39.7. The highest BCUT2D eigenvalue weighted by atomic mass is 16.6. The third-order valence-electron chi connectivity index (χ3n) is 6.19. The Hall–Kier alpha value is -2.77. The molecular weight excluding hydrogens is 400 g/mol. The van der Waals surface area contributed by atoms with Gasteiger partial charge in [0.25, 0.3) is 0 Å². The number of ether oxygens (including phenoxy) is 3. The first-order chi connectivity index (χ1) is 15.0. The fourth-order valence-electron chi connectivity index (χ4n) is 4.35. The van der Waals surface area contributed by atoms with Crippen LogP contribution in [0.5, 0.6) is 11.5 Å². The van der Waals surface area contributed by atoms with Crippen LogP contribution in [0, 0.1) is 5.92 Å². The van der Waals surface area contributed by atoms with Gasteiger partial charge in [0.1, 0.15) is 11.6 Å². The minimum atomic E-state index is -0.949. The second kappa shape index (κ2) is 10.0. The first-order valence-electron chi connectivity index (χ1n) is 11.0. The topological polar surface area (TPSA) is 94.2 Å². The monoisotopic (exact) mass is 432 g/mol. The van der Waals surface area contributed by atoms with Crippen molar-refractivity contribution < 1.29 is 28.6 Å². The summed E-state index contributed by atoms with van der Waals surface area (Å²) in [7, 11) is 2.93. The Bertz CT molecular complexity index is 840. The van der Waals surface area contributed by atoms with E-state index in [1.54, 1.807) is 12.1 Å². The number of rotatable bonds is 10. The molecule has 1 N–H and O–H groups in total. The van der Waals surface area contributed by atoms with E-state index in [9.17, 15) is 14.4 Å². The first kappa shape index (κ1) is 22.9. The summed E-state index contributed by atoms with van der Waals surface area (Å²) in [5, 5.41) is 3.02. The molecule has 0 aromatic heterocycles. The van der Waals surface area contributed by atoms with E-state index in [4.69, 9.17) is 14.2 Å². The molecule has 2 aliphatic heterocycles. The molecule has 8 heteroatoms. The van der Waals surface area contributed by atoms with Crippen LogP contribution >= 0.6 is 0 Å². The fraction of sp³-hybridized carbons (Fsp3) is 0.609. The Balaban J connectivity index is 1.80. The van der Waals surface area contributed by atoms with Crippen LogP contribution < -0.4 is 14.8 Å². The van der Waals surface area contributed by atoms with Crippen LogP contribution in [0.25, 0.3) is 0 Å². The second-order valence-corrected chi connectivity index (χ2v) is 8.04. The number of carbonyl (C=O) groups is 3. The van der Waals surface area contributed by atoms with Crippen molar-refractivity contribution in [1.29, 1.82) is 0 Å². The number of methoxy groups -OCH3 is 2. The van der Waals surface area contributed by atoms with E-state index in [1.807, 2.05) is 0 Å². The number of fused-ring (bicyclic) bond motifs is 1. The smallest absolute Gasteiger partial charge is 0.344 e. The molecule has 2 aliphatic rings. The van der Waals surface area contributed by atoms with E-state index < -0.39 is 18.2 Å². The number of likely N-dealkylation sites (tertiary alicyclic amines) is 1. The molecular formula is C23H32N2O6. The molecule has 1 aromatic rings. The molecule has 0 saturated carbocycles. The maximum Gasteiger partial charge on any atom is 0.344 e. The van der Waals surface area contributed by atoms with Crippen LogP contribution in [0.4, 0.5) is 0 Å². The number of hydrogen-bond acceptors (Lipinski definition) is 6. The number of benzene rings is 1. The molecule has 3 rings (SSSR count). The van der Waals surface area contributed by atoms with E-state index in [1.165, 1.54) is 19.1 Å². The van der Waals surface area contributed by atoms with Crippen LogP contribution in [-0.4, -0.2) is 49.5 Å². The number of nitrogens with zero attached hydrogens (tertiary/aromatic N) is 1. The average molecular weight is 433 g/mol. The summed E-state index contributed by atoms with van der Waals surface area (Å²) in [5.41, 5.74) is 0.737. The van der Waals surface area contributed by atoms with Gasteiger partial charge in [0.2, 0.25) is 18.0 Å². The molecule has 31 heavy (non-hydrogen) atoms. The van der Waals surface area contributed by atoms with Crippen molar-refractivity contribution in [3.05, 3.63) is 23.3 Å². The zero-order chi connectivity index (χ0) is 22.5. The number of hydrogen-bond donors (Lipinski definition) is 1. The summed E-state index contributed by atoms with van der Waals surface area (Å²) in [6.45, 7) is 4.85. The molecule has 2 amide bonds. The lowest BCUT2D eigenvalue weighted by atomic mass is 9.99. The van der Waals surface area contributed by atoms with Crippen LogP contribution in [0.1, 0.15) is 74.5 Å². The Morgan fingerprint density at radius 3 is 2.68 bits per heavy atom. The molecule has 0 radical (unpaired) electrons. The van der Waals surface area contributed by atoms with Gasteiger partial charge in [-0.1, -0.05) is 33.1 Å². The summed E-state index contributed by atoms with van der Waals surface area (Å²) in [6, 6.07) is 2.68. The number of nitrogens with one attached hydrogen (secondary N) is 1. The van der Waals surface area contributed by atoms with Gasteiger partial charge in [-0.15, -0.1) is 0 Å². The molecule has 1 fully saturated rings. The minimum Gasteiger partial charge on any atom is -0.493 e. The van der Waals surface area contributed by atoms with Gasteiger partial charge in [-0.3, -0.25) is 14.5 Å². The van der Waals surface area contributed by atoms with Crippen molar-refractivity contribution >= 4 is 17.8 Å². The normalized spacial score (nSPS) is 21.0. The summed E-state index contributed by atoms with van der Waals surface area (Å²) < 4.78 is 16.2. The fourth-order valence-corrected chi connectivity index (χ4v) is 4.35. The minimum absolute atomic E-state index is 0.203. The molecule has 0 unspecified atom stereocenters. The molecule has 1 saturated heterocycles. The van der Waals surface area contributed by atoms with Gasteiger partial charge >= 0.3 is 5.97 Å². The van der Waals surface area contributed by atoms with Gasteiger partial charge in [0.05, 0.1) is 14.2 Å². The highest BCUT2D eigenvalue weighted by Crippen LogP contribution is 2.45. The molecule has 3 atom stereocenters. The Morgan fingerprint density at radius 1 is 1.26 bits per heavy atom. The number of amides is 2. The summed E-state index contributed by atoms with van der Waals surface area (Å²) >= 11 is 0. The third-order valence-corrected chi connectivity index (χ3v) is 6.19. The van der Waals surface area contributed by atoms with Crippen molar-refractivity contribution in [2.45, 2.75) is 64.6 Å². The van der Waals surface area contributed by atoms with Crippen LogP contribution in [0.15, 0.2) is 12.1 Å². The standard InChI is InChI=1S/C23H32N2O6/c1-5-7-8-14(6-2)13-24-21(27)16-10-12-18(26)25(16)22-15-9-11-17(29-3)20(30-4)19(15)23(28)31-22/h9,11,14,16,22H,5-8,10,12-13H2,1-4H3,(H,24,27)/t14-,16-,22-/m1/s1. The molecule has 8 nitrogen and oxygen atoms in total. The van der Waals surface area contributed by atoms with E-state index >= 15 is 0 Å². The number of carbonyl (C=O) groups excluding carboxylic acids is 3. The average Bonchev–Trinajstić information content (AvgIpc) is 3.32. The number of cyclic esters (lactones) is 1.